The highest BCUT2D eigenvalue weighted by molar-refractivity contribution is 7.89. The molecule has 0 bridgehead atoms. The molecule has 3 aromatic carbocycles. The van der Waals surface area contributed by atoms with Crippen LogP contribution >= 0.6 is 0 Å². The van der Waals surface area contributed by atoms with Crippen molar-refractivity contribution in [2.24, 2.45) is 0 Å². The molecule has 0 aliphatic carbocycles. The molecule has 0 radical (unpaired) electrons. The van der Waals surface area contributed by atoms with Gasteiger partial charge in [0.2, 0.25) is 15.9 Å². The molecule has 0 atom stereocenters. The quantitative estimate of drug-likeness (QED) is 0.615. The summed E-state index contributed by atoms with van der Waals surface area (Å²) in [6, 6.07) is 21.9. The summed E-state index contributed by atoms with van der Waals surface area (Å²) in [5.41, 5.74) is 3.54. The number of amides is 1. The summed E-state index contributed by atoms with van der Waals surface area (Å²) < 4.78 is 27.4. The Morgan fingerprint density at radius 1 is 0.926 bits per heavy atom. The minimum atomic E-state index is -3.67. The molecule has 0 aliphatic rings. The van der Waals surface area contributed by atoms with Gasteiger partial charge in [-0.05, 0) is 35.0 Å². The van der Waals surface area contributed by atoms with Crippen molar-refractivity contribution >= 4 is 32.4 Å². The Bertz CT molecular complexity index is 1040. The summed E-state index contributed by atoms with van der Waals surface area (Å²) in [7, 11) is -1.94. The molecule has 7 heteroatoms. The molecule has 0 fully saturated rings. The minimum absolute atomic E-state index is 0.0175. The molecule has 27 heavy (non-hydrogen) atoms. The van der Waals surface area contributed by atoms with Crippen molar-refractivity contribution in [3.63, 3.8) is 0 Å². The molecule has 0 unspecified atom stereocenters. The number of hydrogen-bond acceptors (Lipinski definition) is 4. The Morgan fingerprint density at radius 2 is 1.59 bits per heavy atom. The standard InChI is InChI=1S/C20H21N3O3S/c1-23(18-9-3-2-4-10-18)22-20(24)13-14-21-27(25,26)19-12-11-16-7-5-6-8-17(16)15-19/h2-12,15,21H,13-14H2,1H3,(H,22,24). The van der Waals surface area contributed by atoms with Gasteiger partial charge in [0.15, 0.2) is 0 Å². The van der Waals surface area contributed by atoms with E-state index in [1.165, 1.54) is 0 Å². The van der Waals surface area contributed by atoms with Crippen LogP contribution < -0.4 is 15.2 Å². The third-order valence-electron chi connectivity index (χ3n) is 4.11. The zero-order valence-corrected chi connectivity index (χ0v) is 15.7. The van der Waals surface area contributed by atoms with Gasteiger partial charge in [0.05, 0.1) is 10.6 Å². The van der Waals surface area contributed by atoms with Crippen molar-refractivity contribution in [2.45, 2.75) is 11.3 Å². The van der Waals surface area contributed by atoms with Crippen LogP contribution in [0.15, 0.2) is 77.7 Å². The minimum Gasteiger partial charge on any atom is -0.289 e. The average molecular weight is 383 g/mol. The van der Waals surface area contributed by atoms with E-state index in [0.29, 0.717) is 0 Å². The largest absolute Gasteiger partial charge is 0.289 e. The first-order valence-corrected chi connectivity index (χ1v) is 10.0. The maximum atomic E-state index is 12.4. The molecule has 0 aromatic heterocycles. The SMILES string of the molecule is CN(NC(=O)CCNS(=O)(=O)c1ccc2ccccc2c1)c1ccccc1. The fraction of sp³-hybridized carbons (Fsp3) is 0.150. The number of carbonyl (C=O) groups excluding carboxylic acids is 1. The summed E-state index contributed by atoms with van der Waals surface area (Å²) in [6.45, 7) is 0.0175. The highest BCUT2D eigenvalue weighted by atomic mass is 32.2. The van der Waals surface area contributed by atoms with E-state index in [1.807, 2.05) is 54.6 Å². The van der Waals surface area contributed by atoms with E-state index in [4.69, 9.17) is 0 Å². The first-order chi connectivity index (χ1) is 13.0. The molecule has 0 aliphatic heterocycles. The molecular weight excluding hydrogens is 362 g/mol. The second-order valence-corrected chi connectivity index (χ2v) is 7.85. The van der Waals surface area contributed by atoms with Crippen molar-refractivity contribution in [3.8, 4) is 0 Å². The predicted molar refractivity (Wildman–Crippen MR) is 107 cm³/mol. The van der Waals surface area contributed by atoms with Crippen molar-refractivity contribution in [2.75, 3.05) is 18.6 Å². The van der Waals surface area contributed by atoms with Gasteiger partial charge in [-0.15, -0.1) is 0 Å². The molecular formula is C20H21N3O3S. The number of carbonyl (C=O) groups is 1. The first kappa shape index (κ1) is 18.9. The van der Waals surface area contributed by atoms with Crippen LogP contribution in [0.25, 0.3) is 10.8 Å². The third-order valence-corrected chi connectivity index (χ3v) is 5.57. The first-order valence-electron chi connectivity index (χ1n) is 8.52. The molecule has 0 saturated carbocycles. The number of rotatable bonds is 7. The van der Waals surface area contributed by atoms with Gasteiger partial charge < -0.3 is 0 Å². The lowest BCUT2D eigenvalue weighted by atomic mass is 10.1. The highest BCUT2D eigenvalue weighted by Gasteiger charge is 2.15. The van der Waals surface area contributed by atoms with Gasteiger partial charge >= 0.3 is 0 Å². The van der Waals surface area contributed by atoms with E-state index in [0.717, 1.165) is 16.5 Å². The Kier molecular flexibility index (Phi) is 5.73. The summed E-state index contributed by atoms with van der Waals surface area (Å²) in [5, 5.41) is 3.42. The van der Waals surface area contributed by atoms with Gasteiger partial charge in [-0.1, -0.05) is 48.5 Å². The van der Waals surface area contributed by atoms with Gasteiger partial charge in [0.1, 0.15) is 0 Å². The Hall–Kier alpha value is -2.90. The lowest BCUT2D eigenvalue weighted by Crippen LogP contribution is -2.40. The maximum Gasteiger partial charge on any atom is 0.240 e. The van der Waals surface area contributed by atoms with E-state index in [2.05, 4.69) is 10.1 Å². The third kappa shape index (κ3) is 4.84. The maximum absolute atomic E-state index is 12.4. The second-order valence-electron chi connectivity index (χ2n) is 6.09. The normalized spacial score (nSPS) is 11.3. The Labute approximate surface area is 158 Å². The van der Waals surface area contributed by atoms with E-state index in [9.17, 15) is 13.2 Å². The fourth-order valence-electron chi connectivity index (χ4n) is 2.68. The molecule has 1 amide bonds. The van der Waals surface area contributed by atoms with Gasteiger partial charge in [-0.3, -0.25) is 15.2 Å². The van der Waals surface area contributed by atoms with Crippen molar-refractivity contribution in [1.82, 2.24) is 10.1 Å². The van der Waals surface area contributed by atoms with Crippen LogP contribution in [0.1, 0.15) is 6.42 Å². The van der Waals surface area contributed by atoms with Crippen molar-refractivity contribution < 1.29 is 13.2 Å². The smallest absolute Gasteiger partial charge is 0.240 e. The number of fused-ring (bicyclic) bond motifs is 1. The summed E-state index contributed by atoms with van der Waals surface area (Å²) in [5.74, 6) is -0.275. The molecule has 2 N–H and O–H groups in total. The second kappa shape index (κ2) is 8.20. The van der Waals surface area contributed by atoms with Crippen LogP contribution in [-0.4, -0.2) is 27.9 Å². The topological polar surface area (TPSA) is 78.5 Å². The Balaban J connectivity index is 1.56. The number of anilines is 1. The molecule has 0 spiro atoms. The number of nitrogens with one attached hydrogen (secondary N) is 2. The van der Waals surface area contributed by atoms with Crippen LogP contribution in [0.5, 0.6) is 0 Å². The van der Waals surface area contributed by atoms with Gasteiger partial charge in [0.25, 0.3) is 0 Å². The van der Waals surface area contributed by atoms with Crippen LogP contribution in [0, 0.1) is 0 Å². The number of sulfonamides is 1. The van der Waals surface area contributed by atoms with Gasteiger partial charge in [0, 0.05) is 20.0 Å². The molecule has 3 aromatic rings. The monoisotopic (exact) mass is 383 g/mol. The van der Waals surface area contributed by atoms with Gasteiger partial charge in [-0.2, -0.15) is 0 Å². The molecule has 0 saturated heterocycles. The lowest BCUT2D eigenvalue weighted by molar-refractivity contribution is -0.121. The van der Waals surface area contributed by atoms with Crippen LogP contribution in [-0.2, 0) is 14.8 Å². The van der Waals surface area contributed by atoms with Crippen LogP contribution in [0.4, 0.5) is 5.69 Å². The number of benzene rings is 3. The number of hydrogen-bond donors (Lipinski definition) is 2. The summed E-state index contributed by atoms with van der Waals surface area (Å²) >= 11 is 0. The molecule has 0 heterocycles. The van der Waals surface area contributed by atoms with E-state index >= 15 is 0 Å². The lowest BCUT2D eigenvalue weighted by Gasteiger charge is -2.20. The number of hydrazine groups is 1. The average Bonchev–Trinajstić information content (AvgIpc) is 2.68. The van der Waals surface area contributed by atoms with E-state index in [1.54, 1.807) is 30.3 Å². The summed E-state index contributed by atoms with van der Waals surface area (Å²) in [6.07, 6.45) is 0.0317. The number of para-hydroxylation sites is 1. The van der Waals surface area contributed by atoms with Gasteiger partial charge in [-0.25, -0.2) is 13.1 Å². The van der Waals surface area contributed by atoms with Crippen LogP contribution in [0.2, 0.25) is 0 Å². The van der Waals surface area contributed by atoms with Crippen molar-refractivity contribution in [1.29, 1.82) is 0 Å². The zero-order chi connectivity index (χ0) is 19.3. The van der Waals surface area contributed by atoms with Crippen molar-refractivity contribution in [3.05, 3.63) is 72.8 Å². The number of nitrogens with zero attached hydrogens (tertiary/aromatic N) is 1. The van der Waals surface area contributed by atoms with E-state index < -0.39 is 10.0 Å². The Morgan fingerprint density at radius 3 is 2.33 bits per heavy atom. The zero-order valence-electron chi connectivity index (χ0n) is 14.9. The molecule has 140 valence electrons. The molecule has 6 nitrogen and oxygen atoms in total. The van der Waals surface area contributed by atoms with Crippen LogP contribution in [0.3, 0.4) is 0 Å². The summed E-state index contributed by atoms with van der Waals surface area (Å²) in [4.78, 5) is 12.2. The highest BCUT2D eigenvalue weighted by Crippen LogP contribution is 2.18. The fourth-order valence-corrected chi connectivity index (χ4v) is 3.74. The molecule has 3 rings (SSSR count). The van der Waals surface area contributed by atoms with E-state index in [-0.39, 0.29) is 23.8 Å². The predicted octanol–water partition coefficient (Wildman–Crippen LogP) is 2.68.